The average molecular weight is 428 g/mol. The molecule has 1 atom stereocenters. The van der Waals surface area contributed by atoms with Crippen LogP contribution >= 0.6 is 0 Å². The zero-order valence-corrected chi connectivity index (χ0v) is 18.3. The van der Waals surface area contributed by atoms with Gasteiger partial charge in [0.25, 0.3) is 11.7 Å². The van der Waals surface area contributed by atoms with Crippen molar-refractivity contribution in [3.05, 3.63) is 101 Å². The van der Waals surface area contributed by atoms with E-state index in [0.29, 0.717) is 23.6 Å². The Balaban J connectivity index is 1.91. The Morgan fingerprint density at radius 2 is 1.69 bits per heavy atom. The molecule has 0 aromatic heterocycles. The Hall–Kier alpha value is -3.86. The normalized spacial score (nSPS) is 17.6. The molecular weight excluding hydrogens is 402 g/mol. The Morgan fingerprint density at radius 3 is 2.34 bits per heavy atom. The van der Waals surface area contributed by atoms with Crippen LogP contribution in [0.5, 0.6) is 5.75 Å². The molecule has 32 heavy (non-hydrogen) atoms. The molecule has 162 valence electrons. The highest BCUT2D eigenvalue weighted by Crippen LogP contribution is 2.43. The predicted octanol–water partition coefficient (Wildman–Crippen LogP) is 5.33. The molecule has 3 aromatic carbocycles. The van der Waals surface area contributed by atoms with E-state index in [2.05, 4.69) is 0 Å². The highest BCUT2D eigenvalue weighted by Gasteiger charge is 2.47. The number of nitrogens with zero attached hydrogens (tertiary/aromatic N) is 1. The van der Waals surface area contributed by atoms with Gasteiger partial charge < -0.3 is 9.84 Å². The standard InChI is InChI=1S/C27H25NO4/c1-4-32-21-14-12-19(13-15-21)25(29)23-24(20-10-7-8-17(2)16-20)28(27(31)26(23)30)22-11-6-5-9-18(22)3/h5-16,24,29H,4H2,1-3H3/b25-23-. The molecule has 1 aliphatic heterocycles. The fourth-order valence-electron chi connectivity index (χ4n) is 4.10. The molecule has 1 heterocycles. The number of rotatable bonds is 5. The fraction of sp³-hybridized carbons (Fsp3) is 0.185. The summed E-state index contributed by atoms with van der Waals surface area (Å²) < 4.78 is 5.47. The molecule has 1 aliphatic rings. The highest BCUT2D eigenvalue weighted by molar-refractivity contribution is 6.51. The summed E-state index contributed by atoms with van der Waals surface area (Å²) in [5.74, 6) is -0.891. The second-order valence-electron chi connectivity index (χ2n) is 7.83. The lowest BCUT2D eigenvalue weighted by Crippen LogP contribution is -2.30. The van der Waals surface area contributed by atoms with Crippen molar-refractivity contribution in [3.8, 4) is 5.75 Å². The van der Waals surface area contributed by atoms with Gasteiger partial charge in [-0.05, 0) is 62.2 Å². The molecule has 1 amide bonds. The third-order valence-electron chi connectivity index (χ3n) is 5.62. The van der Waals surface area contributed by atoms with Gasteiger partial charge in [-0.15, -0.1) is 0 Å². The summed E-state index contributed by atoms with van der Waals surface area (Å²) in [4.78, 5) is 27.9. The second-order valence-corrected chi connectivity index (χ2v) is 7.83. The van der Waals surface area contributed by atoms with E-state index in [-0.39, 0.29) is 11.3 Å². The van der Waals surface area contributed by atoms with E-state index in [4.69, 9.17) is 4.74 Å². The van der Waals surface area contributed by atoms with Crippen molar-refractivity contribution >= 4 is 23.1 Å². The minimum atomic E-state index is -0.734. The molecular formula is C27H25NO4. The van der Waals surface area contributed by atoms with Crippen LogP contribution in [-0.2, 0) is 9.59 Å². The molecule has 1 fully saturated rings. The molecule has 0 bridgehead atoms. The number of ether oxygens (including phenoxy) is 1. The SMILES string of the molecule is CCOc1ccc(/C(O)=C2/C(=O)C(=O)N(c3ccccc3C)C2c2cccc(C)c2)cc1. The zero-order chi connectivity index (χ0) is 22.8. The molecule has 0 saturated carbocycles. The van der Waals surface area contributed by atoms with Crippen molar-refractivity contribution < 1.29 is 19.4 Å². The van der Waals surface area contributed by atoms with Crippen molar-refractivity contribution in [2.24, 2.45) is 0 Å². The van der Waals surface area contributed by atoms with Crippen molar-refractivity contribution in [1.29, 1.82) is 0 Å². The van der Waals surface area contributed by atoms with Gasteiger partial charge in [0, 0.05) is 11.3 Å². The summed E-state index contributed by atoms with van der Waals surface area (Å²) in [6.07, 6.45) is 0. The number of benzene rings is 3. The van der Waals surface area contributed by atoms with Crippen LogP contribution in [0.2, 0.25) is 0 Å². The minimum Gasteiger partial charge on any atom is -0.507 e. The van der Waals surface area contributed by atoms with Crippen LogP contribution in [0, 0.1) is 13.8 Å². The number of para-hydroxylation sites is 1. The molecule has 1 saturated heterocycles. The molecule has 0 spiro atoms. The smallest absolute Gasteiger partial charge is 0.300 e. The Morgan fingerprint density at radius 1 is 0.969 bits per heavy atom. The summed E-state index contributed by atoms with van der Waals surface area (Å²) in [5, 5.41) is 11.2. The van der Waals surface area contributed by atoms with E-state index >= 15 is 0 Å². The first kappa shape index (κ1) is 21.4. The van der Waals surface area contributed by atoms with Crippen LogP contribution < -0.4 is 9.64 Å². The maximum absolute atomic E-state index is 13.2. The molecule has 0 radical (unpaired) electrons. The van der Waals surface area contributed by atoms with Gasteiger partial charge in [0.05, 0.1) is 18.2 Å². The first-order chi connectivity index (χ1) is 15.4. The lowest BCUT2D eigenvalue weighted by atomic mass is 9.94. The summed E-state index contributed by atoms with van der Waals surface area (Å²) in [6.45, 7) is 6.27. The second kappa shape index (κ2) is 8.71. The van der Waals surface area contributed by atoms with E-state index in [9.17, 15) is 14.7 Å². The maximum Gasteiger partial charge on any atom is 0.300 e. The maximum atomic E-state index is 13.2. The number of carbonyl (C=O) groups excluding carboxylic acids is 2. The number of hydrogen-bond donors (Lipinski definition) is 1. The van der Waals surface area contributed by atoms with Gasteiger partial charge in [-0.1, -0.05) is 48.0 Å². The van der Waals surface area contributed by atoms with Crippen LogP contribution in [0.3, 0.4) is 0 Å². The molecule has 5 nitrogen and oxygen atoms in total. The van der Waals surface area contributed by atoms with Gasteiger partial charge in [0.2, 0.25) is 0 Å². The molecule has 1 N–H and O–H groups in total. The van der Waals surface area contributed by atoms with Crippen LogP contribution in [0.4, 0.5) is 5.69 Å². The Labute approximate surface area is 187 Å². The van der Waals surface area contributed by atoms with Crippen molar-refractivity contribution in [2.45, 2.75) is 26.8 Å². The monoisotopic (exact) mass is 427 g/mol. The molecule has 5 heteroatoms. The lowest BCUT2D eigenvalue weighted by molar-refractivity contribution is -0.132. The number of Topliss-reactive ketones (excluding diaryl/α,β-unsaturated/α-hetero) is 1. The number of carbonyl (C=O) groups is 2. The van der Waals surface area contributed by atoms with E-state index < -0.39 is 17.7 Å². The summed E-state index contributed by atoms with van der Waals surface area (Å²) in [6, 6.07) is 21.2. The lowest BCUT2D eigenvalue weighted by Gasteiger charge is -2.27. The van der Waals surface area contributed by atoms with Gasteiger partial charge in [-0.25, -0.2) is 0 Å². The van der Waals surface area contributed by atoms with Gasteiger partial charge in [-0.3, -0.25) is 14.5 Å². The van der Waals surface area contributed by atoms with E-state index in [1.807, 2.05) is 69.3 Å². The Bertz CT molecular complexity index is 1210. The first-order valence-electron chi connectivity index (χ1n) is 10.6. The average Bonchev–Trinajstić information content (AvgIpc) is 3.05. The van der Waals surface area contributed by atoms with Crippen molar-refractivity contribution in [1.82, 2.24) is 0 Å². The third kappa shape index (κ3) is 3.78. The largest absolute Gasteiger partial charge is 0.507 e. The number of aliphatic hydroxyl groups is 1. The number of aryl methyl sites for hydroxylation is 2. The van der Waals surface area contributed by atoms with Gasteiger partial charge in [0.1, 0.15) is 11.5 Å². The van der Waals surface area contributed by atoms with Crippen LogP contribution in [0.1, 0.15) is 35.2 Å². The van der Waals surface area contributed by atoms with Crippen molar-refractivity contribution in [3.63, 3.8) is 0 Å². The molecule has 3 aromatic rings. The predicted molar refractivity (Wildman–Crippen MR) is 125 cm³/mol. The number of amides is 1. The fourth-order valence-corrected chi connectivity index (χ4v) is 4.10. The number of anilines is 1. The van der Waals surface area contributed by atoms with Crippen LogP contribution in [0.25, 0.3) is 5.76 Å². The van der Waals surface area contributed by atoms with Crippen LogP contribution in [-0.4, -0.2) is 23.4 Å². The molecule has 1 unspecified atom stereocenters. The summed E-state index contributed by atoms with van der Waals surface area (Å²) in [5.41, 5.74) is 3.81. The van der Waals surface area contributed by atoms with Gasteiger partial charge in [0.15, 0.2) is 0 Å². The quantitative estimate of drug-likeness (QED) is 0.340. The summed E-state index contributed by atoms with van der Waals surface area (Å²) >= 11 is 0. The number of aliphatic hydroxyl groups excluding tert-OH is 1. The van der Waals surface area contributed by atoms with Gasteiger partial charge in [-0.2, -0.15) is 0 Å². The topological polar surface area (TPSA) is 66.8 Å². The number of hydrogen-bond acceptors (Lipinski definition) is 4. The third-order valence-corrected chi connectivity index (χ3v) is 5.62. The van der Waals surface area contributed by atoms with E-state index in [0.717, 1.165) is 16.7 Å². The van der Waals surface area contributed by atoms with E-state index in [1.165, 1.54) is 4.90 Å². The van der Waals surface area contributed by atoms with Crippen molar-refractivity contribution in [2.75, 3.05) is 11.5 Å². The minimum absolute atomic E-state index is 0.0769. The zero-order valence-electron chi connectivity index (χ0n) is 18.3. The Kier molecular flexibility index (Phi) is 5.82. The van der Waals surface area contributed by atoms with Crippen LogP contribution in [0.15, 0.2) is 78.4 Å². The van der Waals surface area contributed by atoms with E-state index in [1.54, 1.807) is 24.3 Å². The summed E-state index contributed by atoms with van der Waals surface area (Å²) in [7, 11) is 0. The molecule has 0 aliphatic carbocycles. The van der Waals surface area contributed by atoms with Gasteiger partial charge >= 0.3 is 0 Å². The first-order valence-corrected chi connectivity index (χ1v) is 10.6. The number of ketones is 1. The highest BCUT2D eigenvalue weighted by atomic mass is 16.5. The molecule has 4 rings (SSSR count).